The second kappa shape index (κ2) is 9.85. The molecule has 0 aliphatic rings. The number of hydrogen-bond acceptors (Lipinski definition) is 5. The van der Waals surface area contributed by atoms with Crippen molar-refractivity contribution in [3.05, 3.63) is 83.8 Å². The zero-order valence-corrected chi connectivity index (χ0v) is 15.5. The molecule has 0 aliphatic carbocycles. The molecule has 1 aromatic heterocycles. The van der Waals surface area contributed by atoms with Crippen molar-refractivity contribution >= 4 is 5.91 Å². The van der Waals surface area contributed by atoms with Crippen LogP contribution in [0, 0.1) is 17.1 Å². The van der Waals surface area contributed by atoms with Crippen molar-refractivity contribution in [2.45, 2.75) is 13.0 Å². The van der Waals surface area contributed by atoms with Crippen LogP contribution in [0.5, 0.6) is 17.4 Å². The molecule has 146 valence electrons. The fraction of sp³-hybridized carbons (Fsp3) is 0.136. The summed E-state index contributed by atoms with van der Waals surface area (Å²) in [7, 11) is 0. The van der Waals surface area contributed by atoms with Crippen LogP contribution >= 0.6 is 0 Å². The molecule has 2 aromatic carbocycles. The van der Waals surface area contributed by atoms with Crippen LogP contribution in [-0.4, -0.2) is 17.5 Å². The van der Waals surface area contributed by atoms with E-state index in [0.717, 1.165) is 11.1 Å². The molecule has 0 saturated heterocycles. The lowest BCUT2D eigenvalue weighted by atomic mass is 10.2. The number of aromatic nitrogens is 1. The van der Waals surface area contributed by atoms with Crippen molar-refractivity contribution in [3.8, 4) is 23.4 Å². The summed E-state index contributed by atoms with van der Waals surface area (Å²) in [5.41, 5.74) is 1.69. The van der Waals surface area contributed by atoms with E-state index in [9.17, 15) is 9.18 Å². The second-order valence-corrected chi connectivity index (χ2v) is 6.10. The predicted molar refractivity (Wildman–Crippen MR) is 104 cm³/mol. The number of carbonyl (C=O) groups excluding carboxylic acids is 1. The quantitative estimate of drug-likeness (QED) is 0.632. The summed E-state index contributed by atoms with van der Waals surface area (Å²) in [6, 6.07) is 18.2. The van der Waals surface area contributed by atoms with E-state index in [2.05, 4.69) is 16.4 Å². The number of pyridine rings is 1. The molecule has 1 N–H and O–H groups in total. The van der Waals surface area contributed by atoms with Crippen LogP contribution < -0.4 is 14.8 Å². The SMILES string of the molecule is N#CCc1ccc(OCC(=O)NCc2ccnc(Oc3ccc(F)cc3)c2)cc1. The second-order valence-electron chi connectivity index (χ2n) is 6.10. The first kappa shape index (κ1) is 19.8. The van der Waals surface area contributed by atoms with E-state index in [0.29, 0.717) is 23.8 Å². The Bertz CT molecular complexity index is 999. The number of amides is 1. The van der Waals surface area contributed by atoms with E-state index >= 15 is 0 Å². The Morgan fingerprint density at radius 3 is 2.48 bits per heavy atom. The molecule has 0 saturated carbocycles. The van der Waals surface area contributed by atoms with E-state index in [1.165, 1.54) is 24.3 Å². The number of nitrogens with zero attached hydrogens (tertiary/aromatic N) is 2. The lowest BCUT2D eigenvalue weighted by Crippen LogP contribution is -2.28. The molecule has 0 aliphatic heterocycles. The predicted octanol–water partition coefficient (Wildman–Crippen LogP) is 3.77. The Morgan fingerprint density at radius 1 is 1.03 bits per heavy atom. The summed E-state index contributed by atoms with van der Waals surface area (Å²) in [5, 5.41) is 11.4. The van der Waals surface area contributed by atoms with Crippen LogP contribution in [-0.2, 0) is 17.8 Å². The first-order valence-electron chi connectivity index (χ1n) is 8.86. The molecule has 3 rings (SSSR count). The monoisotopic (exact) mass is 391 g/mol. The van der Waals surface area contributed by atoms with Crippen LogP contribution in [0.2, 0.25) is 0 Å². The average Bonchev–Trinajstić information content (AvgIpc) is 2.74. The number of benzene rings is 2. The van der Waals surface area contributed by atoms with Crippen molar-refractivity contribution in [1.82, 2.24) is 10.3 Å². The molecule has 0 bridgehead atoms. The van der Waals surface area contributed by atoms with Gasteiger partial charge in [-0.1, -0.05) is 12.1 Å². The van der Waals surface area contributed by atoms with Gasteiger partial charge in [-0.3, -0.25) is 4.79 Å². The minimum absolute atomic E-state index is 0.123. The van der Waals surface area contributed by atoms with Crippen molar-refractivity contribution < 1.29 is 18.7 Å². The number of carbonyl (C=O) groups is 1. The number of hydrogen-bond donors (Lipinski definition) is 1. The third-order valence-corrected chi connectivity index (χ3v) is 3.90. The van der Waals surface area contributed by atoms with Gasteiger partial charge in [-0.15, -0.1) is 0 Å². The zero-order valence-electron chi connectivity index (χ0n) is 15.5. The van der Waals surface area contributed by atoms with Gasteiger partial charge < -0.3 is 14.8 Å². The van der Waals surface area contributed by atoms with Crippen molar-refractivity contribution in [2.24, 2.45) is 0 Å². The summed E-state index contributed by atoms with van der Waals surface area (Å²) in [4.78, 5) is 16.1. The van der Waals surface area contributed by atoms with Gasteiger partial charge in [-0.25, -0.2) is 9.37 Å². The van der Waals surface area contributed by atoms with Crippen molar-refractivity contribution in [3.63, 3.8) is 0 Å². The van der Waals surface area contributed by atoms with Crippen LogP contribution in [0.25, 0.3) is 0 Å². The lowest BCUT2D eigenvalue weighted by Gasteiger charge is -2.09. The maximum Gasteiger partial charge on any atom is 0.258 e. The van der Waals surface area contributed by atoms with E-state index in [-0.39, 0.29) is 24.9 Å². The Labute approximate surface area is 167 Å². The highest BCUT2D eigenvalue weighted by molar-refractivity contribution is 5.77. The molecule has 0 fully saturated rings. The maximum atomic E-state index is 13.0. The minimum Gasteiger partial charge on any atom is -0.484 e. The molecular formula is C22H18FN3O3. The van der Waals surface area contributed by atoms with E-state index in [1.54, 1.807) is 42.6 Å². The van der Waals surface area contributed by atoms with Gasteiger partial charge >= 0.3 is 0 Å². The summed E-state index contributed by atoms with van der Waals surface area (Å²) in [6.45, 7) is 0.160. The molecule has 0 radical (unpaired) electrons. The molecule has 3 aromatic rings. The molecule has 7 heteroatoms. The summed E-state index contributed by atoms with van der Waals surface area (Å²) < 4.78 is 24.0. The molecule has 0 atom stereocenters. The van der Waals surface area contributed by atoms with Crippen molar-refractivity contribution in [2.75, 3.05) is 6.61 Å². The van der Waals surface area contributed by atoms with Crippen molar-refractivity contribution in [1.29, 1.82) is 5.26 Å². The smallest absolute Gasteiger partial charge is 0.258 e. The Morgan fingerprint density at radius 2 is 1.76 bits per heavy atom. The highest BCUT2D eigenvalue weighted by Gasteiger charge is 2.05. The minimum atomic E-state index is -0.345. The maximum absolute atomic E-state index is 13.0. The molecule has 0 spiro atoms. The number of halogens is 1. The van der Waals surface area contributed by atoms with Crippen LogP contribution in [0.3, 0.4) is 0 Å². The van der Waals surface area contributed by atoms with E-state index < -0.39 is 0 Å². The Hall–Kier alpha value is -3.92. The fourth-order valence-corrected chi connectivity index (χ4v) is 2.43. The van der Waals surface area contributed by atoms with Gasteiger partial charge in [0.05, 0.1) is 12.5 Å². The summed E-state index contributed by atoms with van der Waals surface area (Å²) in [6.07, 6.45) is 1.90. The zero-order chi connectivity index (χ0) is 20.5. The Balaban J connectivity index is 1.47. The highest BCUT2D eigenvalue weighted by atomic mass is 19.1. The van der Waals surface area contributed by atoms with Gasteiger partial charge in [-0.05, 0) is 53.6 Å². The van der Waals surface area contributed by atoms with Gasteiger partial charge in [0.1, 0.15) is 17.3 Å². The molecule has 0 unspecified atom stereocenters. The van der Waals surface area contributed by atoms with Gasteiger partial charge in [0.25, 0.3) is 5.91 Å². The summed E-state index contributed by atoms with van der Waals surface area (Å²) in [5.74, 6) is 0.748. The molecule has 6 nitrogen and oxygen atoms in total. The van der Waals surface area contributed by atoms with Gasteiger partial charge in [0, 0.05) is 18.8 Å². The van der Waals surface area contributed by atoms with Crippen LogP contribution in [0.4, 0.5) is 4.39 Å². The van der Waals surface area contributed by atoms with Gasteiger partial charge in [0.2, 0.25) is 5.88 Å². The number of nitriles is 1. The fourth-order valence-electron chi connectivity index (χ4n) is 2.43. The van der Waals surface area contributed by atoms with Gasteiger partial charge in [0.15, 0.2) is 6.61 Å². The average molecular weight is 391 g/mol. The Kier molecular flexibility index (Phi) is 6.74. The number of nitrogens with one attached hydrogen (secondary N) is 1. The number of rotatable bonds is 8. The molecule has 1 heterocycles. The standard InChI is InChI=1S/C22H18FN3O3/c23-18-3-7-20(8-4-18)29-22-13-17(10-12-25-22)14-26-21(27)15-28-19-5-1-16(2-6-19)9-11-24/h1-8,10,12-13H,9,14-15H2,(H,26,27). The first-order valence-corrected chi connectivity index (χ1v) is 8.86. The third kappa shape index (κ3) is 6.33. The normalized spacial score (nSPS) is 10.1. The van der Waals surface area contributed by atoms with Crippen LogP contribution in [0.1, 0.15) is 11.1 Å². The third-order valence-electron chi connectivity index (χ3n) is 3.90. The van der Waals surface area contributed by atoms with E-state index in [4.69, 9.17) is 14.7 Å². The molecule has 1 amide bonds. The highest BCUT2D eigenvalue weighted by Crippen LogP contribution is 2.20. The van der Waals surface area contributed by atoms with Gasteiger partial charge in [-0.2, -0.15) is 5.26 Å². The topological polar surface area (TPSA) is 84.2 Å². The number of ether oxygens (including phenoxy) is 2. The van der Waals surface area contributed by atoms with E-state index in [1.807, 2.05) is 0 Å². The summed E-state index contributed by atoms with van der Waals surface area (Å²) >= 11 is 0. The largest absolute Gasteiger partial charge is 0.484 e. The first-order chi connectivity index (χ1) is 14.1. The molecular weight excluding hydrogens is 373 g/mol. The lowest BCUT2D eigenvalue weighted by molar-refractivity contribution is -0.123. The van der Waals surface area contributed by atoms with Crippen LogP contribution in [0.15, 0.2) is 66.9 Å². The molecule has 29 heavy (non-hydrogen) atoms.